The molecule has 0 spiro atoms. The molecule has 3 nitrogen and oxygen atoms in total. The molecule has 0 aromatic heterocycles. The second kappa shape index (κ2) is 9.80. The summed E-state index contributed by atoms with van der Waals surface area (Å²) >= 11 is 0. The fraction of sp³-hybridized carbons (Fsp3) is 0.588. The highest BCUT2D eigenvalue weighted by atomic mass is 35.5. The number of rotatable bonds is 7. The zero-order valence-electron chi connectivity index (χ0n) is 13.9. The summed E-state index contributed by atoms with van der Waals surface area (Å²) in [6, 6.07) is 6.06. The smallest absolute Gasteiger partial charge is 0.241 e. The van der Waals surface area contributed by atoms with Crippen LogP contribution in [-0.2, 0) is 4.79 Å². The molecular weight excluding hydrogens is 284 g/mol. The van der Waals surface area contributed by atoms with Crippen LogP contribution in [0.2, 0.25) is 0 Å². The van der Waals surface area contributed by atoms with Gasteiger partial charge in [-0.3, -0.25) is 9.69 Å². The Hall–Kier alpha value is -1.06. The first-order valence-electron chi connectivity index (χ1n) is 7.66. The number of aryl methyl sites for hydroxylation is 2. The quantitative estimate of drug-likeness (QED) is 0.819. The summed E-state index contributed by atoms with van der Waals surface area (Å²) in [4.78, 5) is 14.8. The van der Waals surface area contributed by atoms with E-state index in [0.717, 1.165) is 42.7 Å². The molecular formula is C17H29ClN2O. The molecule has 0 aliphatic carbocycles. The summed E-state index contributed by atoms with van der Waals surface area (Å²) in [6.07, 6.45) is 1.92. The fourth-order valence-electron chi connectivity index (χ4n) is 2.64. The van der Waals surface area contributed by atoms with Crippen molar-refractivity contribution in [3.63, 3.8) is 0 Å². The van der Waals surface area contributed by atoms with Crippen LogP contribution >= 0.6 is 12.4 Å². The first kappa shape index (κ1) is 19.9. The monoisotopic (exact) mass is 312 g/mol. The minimum absolute atomic E-state index is 0. The van der Waals surface area contributed by atoms with E-state index in [2.05, 4.69) is 31.0 Å². The number of halogens is 1. The molecule has 21 heavy (non-hydrogen) atoms. The van der Waals surface area contributed by atoms with Crippen molar-refractivity contribution in [2.45, 2.75) is 53.5 Å². The Morgan fingerprint density at radius 1 is 1.14 bits per heavy atom. The van der Waals surface area contributed by atoms with Gasteiger partial charge < -0.3 is 5.32 Å². The maximum absolute atomic E-state index is 12.6. The van der Waals surface area contributed by atoms with Crippen molar-refractivity contribution in [1.82, 2.24) is 4.90 Å². The summed E-state index contributed by atoms with van der Waals surface area (Å²) in [5.41, 5.74) is 3.20. The second-order valence-electron chi connectivity index (χ2n) is 5.28. The van der Waals surface area contributed by atoms with Gasteiger partial charge in [0.1, 0.15) is 0 Å². The van der Waals surface area contributed by atoms with Crippen molar-refractivity contribution in [3.8, 4) is 0 Å². The molecule has 0 aliphatic heterocycles. The van der Waals surface area contributed by atoms with E-state index in [1.165, 1.54) is 0 Å². The zero-order chi connectivity index (χ0) is 15.1. The first-order valence-corrected chi connectivity index (χ1v) is 7.66. The Bertz CT molecular complexity index is 424. The van der Waals surface area contributed by atoms with Crippen LogP contribution in [0.5, 0.6) is 0 Å². The van der Waals surface area contributed by atoms with Gasteiger partial charge in [-0.15, -0.1) is 12.4 Å². The highest BCUT2D eigenvalue weighted by Gasteiger charge is 2.23. The van der Waals surface area contributed by atoms with Gasteiger partial charge in [-0.1, -0.05) is 45.4 Å². The van der Waals surface area contributed by atoms with Crippen molar-refractivity contribution < 1.29 is 4.79 Å². The van der Waals surface area contributed by atoms with Crippen molar-refractivity contribution in [1.29, 1.82) is 0 Å². The average molecular weight is 313 g/mol. The molecule has 0 aliphatic rings. The van der Waals surface area contributed by atoms with E-state index in [0.29, 0.717) is 0 Å². The largest absolute Gasteiger partial charge is 0.324 e. The van der Waals surface area contributed by atoms with Crippen molar-refractivity contribution in [3.05, 3.63) is 29.3 Å². The lowest BCUT2D eigenvalue weighted by Crippen LogP contribution is -2.44. The number of carbonyl (C=O) groups excluding carboxylic acids is 1. The number of benzene rings is 1. The predicted molar refractivity (Wildman–Crippen MR) is 93.4 cm³/mol. The number of carbonyl (C=O) groups is 1. The maximum Gasteiger partial charge on any atom is 0.241 e. The molecule has 0 fully saturated rings. The number of para-hydroxylation sites is 1. The summed E-state index contributed by atoms with van der Waals surface area (Å²) in [6.45, 7) is 12.2. The topological polar surface area (TPSA) is 32.3 Å². The average Bonchev–Trinajstić information content (AvgIpc) is 2.43. The molecule has 4 heteroatoms. The molecule has 0 heterocycles. The number of nitrogens with zero attached hydrogens (tertiary/aromatic N) is 1. The predicted octanol–water partition coefficient (Wildman–Crippen LogP) is 4.17. The van der Waals surface area contributed by atoms with E-state index >= 15 is 0 Å². The Labute approximate surface area is 135 Å². The molecule has 1 aromatic rings. The lowest BCUT2D eigenvalue weighted by Gasteiger charge is -2.28. The van der Waals surface area contributed by atoms with Gasteiger partial charge in [-0.2, -0.15) is 0 Å². The molecule has 1 N–H and O–H groups in total. The van der Waals surface area contributed by atoms with E-state index < -0.39 is 0 Å². The molecule has 0 saturated heterocycles. The maximum atomic E-state index is 12.6. The van der Waals surface area contributed by atoms with Crippen LogP contribution in [0.1, 0.15) is 44.7 Å². The van der Waals surface area contributed by atoms with Gasteiger partial charge in [0.05, 0.1) is 6.04 Å². The van der Waals surface area contributed by atoms with Gasteiger partial charge in [-0.25, -0.2) is 0 Å². The Morgan fingerprint density at radius 3 is 2.10 bits per heavy atom. The van der Waals surface area contributed by atoms with Crippen molar-refractivity contribution >= 4 is 24.0 Å². The SMILES string of the molecule is CCCC(C(=O)Nc1c(C)cccc1C)N(CC)CC.Cl. The van der Waals surface area contributed by atoms with Gasteiger partial charge >= 0.3 is 0 Å². The molecule has 120 valence electrons. The number of likely N-dealkylation sites (N-methyl/N-ethyl adjacent to an activating group) is 1. The van der Waals surface area contributed by atoms with Gasteiger partial charge in [0.2, 0.25) is 5.91 Å². The number of hydrogen-bond acceptors (Lipinski definition) is 2. The molecule has 1 rings (SSSR count). The third-order valence-electron chi connectivity index (χ3n) is 3.85. The summed E-state index contributed by atoms with van der Waals surface area (Å²) in [5, 5.41) is 3.13. The molecule has 0 radical (unpaired) electrons. The van der Waals surface area contributed by atoms with Crippen molar-refractivity contribution in [2.24, 2.45) is 0 Å². The van der Waals surface area contributed by atoms with E-state index in [4.69, 9.17) is 0 Å². The molecule has 1 amide bonds. The summed E-state index contributed by atoms with van der Waals surface area (Å²) < 4.78 is 0. The normalized spacial score (nSPS) is 11.9. The lowest BCUT2D eigenvalue weighted by molar-refractivity contribution is -0.121. The van der Waals surface area contributed by atoms with E-state index in [-0.39, 0.29) is 24.4 Å². The third-order valence-corrected chi connectivity index (χ3v) is 3.85. The minimum Gasteiger partial charge on any atom is -0.324 e. The van der Waals surface area contributed by atoms with Crippen LogP contribution < -0.4 is 5.32 Å². The molecule has 1 aromatic carbocycles. The highest BCUT2D eigenvalue weighted by Crippen LogP contribution is 2.20. The van der Waals surface area contributed by atoms with Gasteiger partial charge in [-0.05, 0) is 44.5 Å². The Morgan fingerprint density at radius 2 is 1.67 bits per heavy atom. The fourth-order valence-corrected chi connectivity index (χ4v) is 2.64. The van der Waals surface area contributed by atoms with Crippen LogP contribution in [-0.4, -0.2) is 29.9 Å². The highest BCUT2D eigenvalue weighted by molar-refractivity contribution is 5.96. The van der Waals surface area contributed by atoms with Crippen LogP contribution in [0, 0.1) is 13.8 Å². The summed E-state index contributed by atoms with van der Waals surface area (Å²) in [5.74, 6) is 0.118. The van der Waals surface area contributed by atoms with Crippen LogP contribution in [0.25, 0.3) is 0 Å². The van der Waals surface area contributed by atoms with Crippen molar-refractivity contribution in [2.75, 3.05) is 18.4 Å². The number of nitrogens with one attached hydrogen (secondary N) is 1. The second-order valence-corrected chi connectivity index (χ2v) is 5.28. The molecule has 0 bridgehead atoms. The van der Waals surface area contributed by atoms with Gasteiger partial charge in [0, 0.05) is 5.69 Å². The van der Waals surface area contributed by atoms with E-state index in [9.17, 15) is 4.79 Å². The van der Waals surface area contributed by atoms with E-state index in [1.54, 1.807) is 0 Å². The molecule has 0 saturated carbocycles. The van der Waals surface area contributed by atoms with Gasteiger partial charge in [0.25, 0.3) is 0 Å². The van der Waals surface area contributed by atoms with Crippen LogP contribution in [0.3, 0.4) is 0 Å². The zero-order valence-corrected chi connectivity index (χ0v) is 14.7. The Balaban J connectivity index is 0.00000400. The summed E-state index contributed by atoms with van der Waals surface area (Å²) in [7, 11) is 0. The minimum atomic E-state index is -0.0333. The first-order chi connectivity index (χ1) is 9.54. The van der Waals surface area contributed by atoms with Gasteiger partial charge in [0.15, 0.2) is 0 Å². The third kappa shape index (κ3) is 5.33. The number of hydrogen-bond donors (Lipinski definition) is 1. The lowest BCUT2D eigenvalue weighted by atomic mass is 10.1. The Kier molecular flexibility index (Phi) is 9.31. The number of amides is 1. The standard InChI is InChI=1S/C17H28N2O.ClH/c1-6-10-15(19(7-2)8-3)17(20)18-16-13(4)11-9-12-14(16)5;/h9,11-12,15H,6-8,10H2,1-5H3,(H,18,20);1H. The van der Waals surface area contributed by atoms with E-state index in [1.807, 2.05) is 32.0 Å². The number of anilines is 1. The van der Waals surface area contributed by atoms with Crippen LogP contribution in [0.15, 0.2) is 18.2 Å². The molecule has 1 atom stereocenters. The van der Waals surface area contributed by atoms with Crippen LogP contribution in [0.4, 0.5) is 5.69 Å². The molecule has 1 unspecified atom stereocenters.